The Balaban J connectivity index is 0.00000312. The van der Waals surface area contributed by atoms with Crippen molar-refractivity contribution in [3.05, 3.63) is 51.3 Å². The molecule has 0 unspecified atom stereocenters. The summed E-state index contributed by atoms with van der Waals surface area (Å²) in [5, 5.41) is 10.8. The zero-order valence-corrected chi connectivity index (χ0v) is 17.5. The Bertz CT molecular complexity index is 717. The summed E-state index contributed by atoms with van der Waals surface area (Å²) in [7, 11) is 0. The Morgan fingerprint density at radius 1 is 1.36 bits per heavy atom. The molecule has 1 aromatic carbocycles. The zero-order valence-electron chi connectivity index (χ0n) is 15.1. The van der Waals surface area contributed by atoms with Crippen molar-refractivity contribution in [3.63, 3.8) is 0 Å². The van der Waals surface area contributed by atoms with E-state index in [4.69, 9.17) is 0 Å². The maximum atomic E-state index is 12.5. The van der Waals surface area contributed by atoms with Crippen molar-refractivity contribution in [1.29, 1.82) is 0 Å². The number of nitrogens with one attached hydrogen (secondary N) is 2. The number of amides is 1. The number of likely N-dealkylation sites (N-methyl/N-ethyl adjacent to an activating group) is 1. The van der Waals surface area contributed by atoms with E-state index in [0.717, 1.165) is 28.0 Å². The fraction of sp³-hybridized carbons (Fsp3) is 0.444. The van der Waals surface area contributed by atoms with Crippen LogP contribution in [0.3, 0.4) is 0 Å². The fourth-order valence-electron chi connectivity index (χ4n) is 2.74. The molecule has 0 bridgehead atoms. The number of carbonyl (C=O) groups is 1. The average molecular weight is 430 g/mol. The van der Waals surface area contributed by atoms with Crippen molar-refractivity contribution in [3.8, 4) is 0 Å². The minimum atomic E-state index is -0.0600. The molecule has 1 atom stereocenters. The molecular formula is C18H26BrClN4O. The van der Waals surface area contributed by atoms with Gasteiger partial charge in [0, 0.05) is 22.8 Å². The highest BCUT2D eigenvalue weighted by Gasteiger charge is 2.19. The lowest BCUT2D eigenvalue weighted by molar-refractivity contribution is 0.0949. The molecule has 0 radical (unpaired) electrons. The second-order valence-corrected chi connectivity index (χ2v) is 6.92. The lowest BCUT2D eigenvalue weighted by Gasteiger charge is -2.13. The lowest BCUT2D eigenvalue weighted by Crippen LogP contribution is -2.39. The molecule has 5 nitrogen and oxygen atoms in total. The van der Waals surface area contributed by atoms with E-state index < -0.39 is 0 Å². The van der Waals surface area contributed by atoms with Crippen molar-refractivity contribution in [2.45, 2.75) is 40.3 Å². The van der Waals surface area contributed by atoms with Gasteiger partial charge in [-0.2, -0.15) is 5.10 Å². The molecular weight excluding hydrogens is 404 g/mol. The third kappa shape index (κ3) is 5.83. The van der Waals surface area contributed by atoms with E-state index in [2.05, 4.69) is 57.6 Å². The SMILES string of the molecule is CCN[C@H](C)CNC(=O)c1c(C)nn(Cc2cccc(Br)c2)c1C.Cl. The molecule has 1 aromatic heterocycles. The third-order valence-corrected chi connectivity index (χ3v) is 4.44. The maximum Gasteiger partial charge on any atom is 0.255 e. The van der Waals surface area contributed by atoms with Gasteiger partial charge in [-0.15, -0.1) is 12.4 Å². The van der Waals surface area contributed by atoms with Gasteiger partial charge in [0.1, 0.15) is 0 Å². The molecule has 25 heavy (non-hydrogen) atoms. The fourth-order valence-corrected chi connectivity index (χ4v) is 3.19. The van der Waals surface area contributed by atoms with Gasteiger partial charge in [-0.3, -0.25) is 9.48 Å². The van der Waals surface area contributed by atoms with Gasteiger partial charge in [-0.25, -0.2) is 0 Å². The van der Waals surface area contributed by atoms with E-state index in [0.29, 0.717) is 18.7 Å². The van der Waals surface area contributed by atoms with Gasteiger partial charge in [-0.1, -0.05) is 35.0 Å². The van der Waals surface area contributed by atoms with Crippen LogP contribution in [0.4, 0.5) is 0 Å². The third-order valence-electron chi connectivity index (χ3n) is 3.95. The molecule has 0 aliphatic rings. The van der Waals surface area contributed by atoms with Crippen LogP contribution in [-0.4, -0.2) is 34.8 Å². The van der Waals surface area contributed by atoms with Crippen molar-refractivity contribution in [2.75, 3.05) is 13.1 Å². The monoisotopic (exact) mass is 428 g/mol. The molecule has 0 aliphatic carbocycles. The Morgan fingerprint density at radius 3 is 2.72 bits per heavy atom. The number of rotatable bonds is 7. The highest BCUT2D eigenvalue weighted by atomic mass is 79.9. The van der Waals surface area contributed by atoms with Crippen LogP contribution in [0.1, 0.15) is 41.2 Å². The lowest BCUT2D eigenvalue weighted by atomic mass is 10.1. The van der Waals surface area contributed by atoms with Crippen LogP contribution in [0.15, 0.2) is 28.7 Å². The summed E-state index contributed by atoms with van der Waals surface area (Å²) < 4.78 is 2.93. The van der Waals surface area contributed by atoms with Crippen LogP contribution in [0.2, 0.25) is 0 Å². The Kier molecular flexibility index (Phi) is 8.62. The number of aryl methyl sites for hydroxylation is 1. The first kappa shape index (κ1) is 21.7. The van der Waals surface area contributed by atoms with E-state index in [-0.39, 0.29) is 24.4 Å². The Morgan fingerprint density at radius 2 is 2.08 bits per heavy atom. The zero-order chi connectivity index (χ0) is 17.7. The minimum Gasteiger partial charge on any atom is -0.350 e. The number of hydrogen-bond acceptors (Lipinski definition) is 3. The second kappa shape index (κ2) is 9.94. The average Bonchev–Trinajstić information content (AvgIpc) is 2.79. The molecule has 2 N–H and O–H groups in total. The van der Waals surface area contributed by atoms with Crippen LogP contribution in [-0.2, 0) is 6.54 Å². The molecule has 0 saturated carbocycles. The smallest absolute Gasteiger partial charge is 0.255 e. The molecule has 2 aromatic rings. The van der Waals surface area contributed by atoms with Gasteiger partial charge >= 0.3 is 0 Å². The van der Waals surface area contributed by atoms with Gasteiger partial charge in [0.15, 0.2) is 0 Å². The van der Waals surface area contributed by atoms with E-state index in [9.17, 15) is 4.79 Å². The van der Waals surface area contributed by atoms with Crippen molar-refractivity contribution in [1.82, 2.24) is 20.4 Å². The largest absolute Gasteiger partial charge is 0.350 e. The summed E-state index contributed by atoms with van der Waals surface area (Å²) in [6, 6.07) is 8.36. The Hall–Kier alpha value is -1.37. The quantitative estimate of drug-likeness (QED) is 0.708. The van der Waals surface area contributed by atoms with Gasteiger partial charge in [0.25, 0.3) is 5.91 Å². The topological polar surface area (TPSA) is 58.9 Å². The molecule has 2 rings (SSSR count). The maximum absolute atomic E-state index is 12.5. The van der Waals surface area contributed by atoms with Crippen LogP contribution >= 0.6 is 28.3 Å². The summed E-state index contributed by atoms with van der Waals surface area (Å²) in [5.74, 6) is -0.0600. The highest BCUT2D eigenvalue weighted by molar-refractivity contribution is 9.10. The van der Waals surface area contributed by atoms with Crippen LogP contribution in [0.25, 0.3) is 0 Å². The molecule has 138 valence electrons. The van der Waals surface area contributed by atoms with Crippen molar-refractivity contribution < 1.29 is 4.79 Å². The van der Waals surface area contributed by atoms with Crippen LogP contribution in [0, 0.1) is 13.8 Å². The number of carbonyl (C=O) groups excluding carboxylic acids is 1. The number of halogens is 2. The number of hydrogen-bond donors (Lipinski definition) is 2. The number of aromatic nitrogens is 2. The van der Waals surface area contributed by atoms with Gasteiger partial charge in [0.05, 0.1) is 17.8 Å². The van der Waals surface area contributed by atoms with Crippen LogP contribution in [0.5, 0.6) is 0 Å². The summed E-state index contributed by atoms with van der Waals surface area (Å²) in [6.07, 6.45) is 0. The highest BCUT2D eigenvalue weighted by Crippen LogP contribution is 2.17. The summed E-state index contributed by atoms with van der Waals surface area (Å²) >= 11 is 3.48. The predicted molar refractivity (Wildman–Crippen MR) is 108 cm³/mol. The molecule has 0 aliphatic heterocycles. The predicted octanol–water partition coefficient (Wildman–Crippen LogP) is 3.46. The molecule has 1 amide bonds. The van der Waals surface area contributed by atoms with Gasteiger partial charge in [-0.05, 0) is 45.0 Å². The number of nitrogens with zero attached hydrogens (tertiary/aromatic N) is 2. The van der Waals surface area contributed by atoms with E-state index in [1.807, 2.05) is 30.7 Å². The summed E-state index contributed by atoms with van der Waals surface area (Å²) in [6.45, 7) is 10.1. The van der Waals surface area contributed by atoms with E-state index in [1.54, 1.807) is 0 Å². The minimum absolute atomic E-state index is 0. The molecule has 7 heteroatoms. The van der Waals surface area contributed by atoms with E-state index >= 15 is 0 Å². The molecule has 0 fully saturated rings. The van der Waals surface area contributed by atoms with Gasteiger partial charge < -0.3 is 10.6 Å². The molecule has 0 saturated heterocycles. The van der Waals surface area contributed by atoms with E-state index in [1.165, 1.54) is 0 Å². The van der Waals surface area contributed by atoms with Gasteiger partial charge in [0.2, 0.25) is 0 Å². The first-order valence-corrected chi connectivity index (χ1v) is 9.01. The summed E-state index contributed by atoms with van der Waals surface area (Å²) in [5.41, 5.74) is 3.47. The summed E-state index contributed by atoms with van der Waals surface area (Å²) in [4.78, 5) is 12.5. The second-order valence-electron chi connectivity index (χ2n) is 6.00. The Labute approximate surface area is 164 Å². The molecule has 1 heterocycles. The number of benzene rings is 1. The van der Waals surface area contributed by atoms with Crippen molar-refractivity contribution in [2.24, 2.45) is 0 Å². The standard InChI is InChI=1S/C18H25BrN4O.ClH/c1-5-20-12(2)10-21-18(24)17-13(3)22-23(14(17)4)11-15-7-6-8-16(19)9-15;/h6-9,12,20H,5,10-11H2,1-4H3,(H,21,24);1H/t12-;/m1./s1. The first-order valence-electron chi connectivity index (χ1n) is 8.22. The van der Waals surface area contributed by atoms with Crippen molar-refractivity contribution >= 4 is 34.2 Å². The van der Waals surface area contributed by atoms with Crippen LogP contribution < -0.4 is 10.6 Å². The normalized spacial score (nSPS) is 11.7. The first-order chi connectivity index (χ1) is 11.4. The molecule has 0 spiro atoms.